The minimum atomic E-state index is -0.925. The number of halogens is 3. The molecule has 0 fully saturated rings. The Morgan fingerprint density at radius 3 is 2.75 bits per heavy atom. The number of anilines is 2. The Kier molecular flexibility index (Phi) is 4.43. The van der Waals surface area contributed by atoms with Crippen LogP contribution in [0.4, 0.5) is 26.0 Å². The number of hydrogen-bond donors (Lipinski definition) is 3. The van der Waals surface area contributed by atoms with Gasteiger partial charge in [0.2, 0.25) is 5.69 Å². The highest BCUT2D eigenvalue weighted by atomic mass is 35.5. The van der Waals surface area contributed by atoms with E-state index in [-0.39, 0.29) is 11.5 Å². The smallest absolute Gasteiger partial charge is 0.204 e. The van der Waals surface area contributed by atoms with Gasteiger partial charge >= 0.3 is 0 Å². The van der Waals surface area contributed by atoms with E-state index in [0.717, 1.165) is 11.5 Å². The molecule has 0 aliphatic carbocycles. The first-order valence-corrected chi connectivity index (χ1v) is 7.13. The lowest BCUT2D eigenvalue weighted by Gasteiger charge is -2.11. The molecule has 0 amide bonds. The van der Waals surface area contributed by atoms with Gasteiger partial charge in [-0.2, -0.15) is 5.48 Å². The fourth-order valence-corrected chi connectivity index (χ4v) is 2.39. The molecule has 0 bridgehead atoms. The van der Waals surface area contributed by atoms with Crippen LogP contribution in [-0.2, 0) is 0 Å². The third kappa shape index (κ3) is 2.82. The molecule has 0 aliphatic rings. The maximum absolute atomic E-state index is 14.1. The summed E-state index contributed by atoms with van der Waals surface area (Å²) < 4.78 is 32.5. The first kappa shape index (κ1) is 16.3. The van der Waals surface area contributed by atoms with Crippen LogP contribution in [0.2, 0.25) is 5.02 Å². The van der Waals surface area contributed by atoms with Crippen LogP contribution in [0.15, 0.2) is 30.6 Å². The summed E-state index contributed by atoms with van der Waals surface area (Å²) in [7, 11) is 1.46. The van der Waals surface area contributed by atoms with Crippen molar-refractivity contribution in [1.82, 2.24) is 9.97 Å². The van der Waals surface area contributed by atoms with Gasteiger partial charge in [-0.25, -0.2) is 24.0 Å². The number of benzene rings is 2. The van der Waals surface area contributed by atoms with Crippen molar-refractivity contribution in [2.24, 2.45) is 0 Å². The minimum Gasteiger partial charge on any atom is -0.491 e. The molecule has 0 aliphatic heterocycles. The molecule has 4 N–H and O–H groups in total. The summed E-state index contributed by atoms with van der Waals surface area (Å²) in [5.74, 6) is -1.09. The van der Waals surface area contributed by atoms with Crippen molar-refractivity contribution in [3.8, 4) is 5.75 Å². The average molecular weight is 354 g/mol. The third-order valence-corrected chi connectivity index (χ3v) is 3.76. The van der Waals surface area contributed by atoms with Gasteiger partial charge in [0.1, 0.15) is 23.0 Å². The van der Waals surface area contributed by atoms with Crippen molar-refractivity contribution in [1.29, 1.82) is 0 Å². The molecule has 2 aromatic carbocycles. The van der Waals surface area contributed by atoms with Crippen LogP contribution in [0.1, 0.15) is 0 Å². The number of methoxy groups -OCH3 is 1. The number of quaternary nitrogens is 1. The van der Waals surface area contributed by atoms with E-state index in [1.54, 1.807) is 12.1 Å². The topological polar surface area (TPSA) is 83.9 Å². The lowest BCUT2D eigenvalue weighted by Crippen LogP contribution is -2.73. The number of aromatic nitrogens is 2. The second-order valence-electron chi connectivity index (χ2n) is 4.81. The molecule has 1 aromatic heterocycles. The lowest BCUT2D eigenvalue weighted by atomic mass is 10.2. The Labute approximate surface area is 140 Å². The predicted molar refractivity (Wildman–Crippen MR) is 84.1 cm³/mol. The fourth-order valence-electron chi connectivity index (χ4n) is 2.23. The average Bonchev–Trinajstić information content (AvgIpc) is 2.61. The van der Waals surface area contributed by atoms with E-state index in [0.29, 0.717) is 22.3 Å². The Balaban J connectivity index is 2.12. The first-order valence-electron chi connectivity index (χ1n) is 6.76. The van der Waals surface area contributed by atoms with Crippen LogP contribution in [0.5, 0.6) is 5.75 Å². The van der Waals surface area contributed by atoms with E-state index in [1.807, 2.05) is 0 Å². The third-order valence-electron chi connectivity index (χ3n) is 3.41. The number of nitrogens with zero attached hydrogens (tertiary/aromatic N) is 2. The SMILES string of the molecule is COc1cc2ncnc(Nc3ccc(F)c(Cl)c3F)c2cc1[NH2+]O. The molecule has 6 nitrogen and oxygen atoms in total. The molecule has 0 unspecified atom stereocenters. The van der Waals surface area contributed by atoms with Crippen LogP contribution < -0.4 is 15.5 Å². The van der Waals surface area contributed by atoms with E-state index >= 15 is 0 Å². The van der Waals surface area contributed by atoms with Crippen molar-refractivity contribution in [3.63, 3.8) is 0 Å². The molecular weight excluding hydrogens is 342 g/mol. The fraction of sp³-hybridized carbons (Fsp3) is 0.0667. The summed E-state index contributed by atoms with van der Waals surface area (Å²) in [6, 6.07) is 5.46. The van der Waals surface area contributed by atoms with Crippen LogP contribution in [0.25, 0.3) is 10.9 Å². The maximum atomic E-state index is 14.1. The molecule has 124 valence electrons. The zero-order chi connectivity index (χ0) is 17.3. The van der Waals surface area contributed by atoms with Gasteiger partial charge in [0.05, 0.1) is 18.3 Å². The first-order chi connectivity index (χ1) is 11.5. The van der Waals surface area contributed by atoms with Crippen molar-refractivity contribution in [3.05, 3.63) is 47.2 Å². The zero-order valence-corrected chi connectivity index (χ0v) is 13.1. The summed E-state index contributed by atoms with van der Waals surface area (Å²) in [5, 5.41) is 12.0. The van der Waals surface area contributed by atoms with E-state index in [1.165, 1.54) is 19.5 Å². The van der Waals surface area contributed by atoms with Gasteiger partial charge in [-0.1, -0.05) is 11.6 Å². The quantitative estimate of drug-likeness (QED) is 0.381. The highest BCUT2D eigenvalue weighted by Gasteiger charge is 2.16. The lowest BCUT2D eigenvalue weighted by molar-refractivity contribution is -0.825. The molecular formula is C15H12ClF2N4O2+. The van der Waals surface area contributed by atoms with Crippen molar-refractivity contribution >= 4 is 39.7 Å². The Hall–Kier alpha value is -2.55. The van der Waals surface area contributed by atoms with Crippen molar-refractivity contribution < 1.29 is 24.2 Å². The molecule has 0 saturated heterocycles. The maximum Gasteiger partial charge on any atom is 0.204 e. The van der Waals surface area contributed by atoms with Gasteiger partial charge in [-0.05, 0) is 12.1 Å². The van der Waals surface area contributed by atoms with Gasteiger partial charge in [-0.3, -0.25) is 0 Å². The van der Waals surface area contributed by atoms with Gasteiger partial charge in [0, 0.05) is 17.5 Å². The number of hydrogen-bond acceptors (Lipinski definition) is 5. The highest BCUT2D eigenvalue weighted by molar-refractivity contribution is 6.31. The number of nitrogens with one attached hydrogen (secondary N) is 1. The van der Waals surface area contributed by atoms with Crippen LogP contribution >= 0.6 is 11.6 Å². The monoisotopic (exact) mass is 353 g/mol. The molecule has 9 heteroatoms. The van der Waals surface area contributed by atoms with Crippen LogP contribution in [-0.4, -0.2) is 22.3 Å². The van der Waals surface area contributed by atoms with Gasteiger partial charge < -0.3 is 10.1 Å². The molecule has 0 atom stereocenters. The number of fused-ring (bicyclic) bond motifs is 1. The molecule has 3 rings (SSSR count). The Morgan fingerprint density at radius 1 is 1.25 bits per heavy atom. The van der Waals surface area contributed by atoms with Crippen LogP contribution in [0.3, 0.4) is 0 Å². The number of nitrogens with two attached hydrogens (primary N) is 1. The number of ether oxygens (including phenoxy) is 1. The molecule has 0 spiro atoms. The van der Waals surface area contributed by atoms with E-state index in [9.17, 15) is 14.0 Å². The molecule has 0 radical (unpaired) electrons. The zero-order valence-electron chi connectivity index (χ0n) is 12.3. The molecule has 24 heavy (non-hydrogen) atoms. The Bertz CT molecular complexity index is 924. The highest BCUT2D eigenvalue weighted by Crippen LogP contribution is 2.32. The standard InChI is InChI=1S/C15H11ClF2N4O2/c1-24-12-5-10-7(4-11(12)22-23)15(20-6-19-10)21-9-3-2-8(17)13(16)14(9)18/h2-6,22-23H,1H3,(H,19,20,21)/p+1. The van der Waals surface area contributed by atoms with Gasteiger partial charge in [0.15, 0.2) is 11.6 Å². The summed E-state index contributed by atoms with van der Waals surface area (Å²) >= 11 is 5.58. The normalized spacial score (nSPS) is 10.9. The van der Waals surface area contributed by atoms with E-state index in [4.69, 9.17) is 16.3 Å². The van der Waals surface area contributed by atoms with Crippen LogP contribution in [0, 0.1) is 11.6 Å². The summed E-state index contributed by atoms with van der Waals surface area (Å²) in [6.45, 7) is 0. The van der Waals surface area contributed by atoms with Gasteiger partial charge in [0.25, 0.3) is 0 Å². The largest absolute Gasteiger partial charge is 0.491 e. The minimum absolute atomic E-state index is 0.0354. The van der Waals surface area contributed by atoms with E-state index < -0.39 is 16.7 Å². The Morgan fingerprint density at radius 2 is 2.04 bits per heavy atom. The molecule has 0 saturated carbocycles. The van der Waals surface area contributed by atoms with Gasteiger partial charge in [-0.15, -0.1) is 0 Å². The van der Waals surface area contributed by atoms with E-state index in [2.05, 4.69) is 15.3 Å². The summed E-state index contributed by atoms with van der Waals surface area (Å²) in [4.78, 5) is 8.18. The second-order valence-corrected chi connectivity index (χ2v) is 5.19. The van der Waals surface area contributed by atoms with Crippen molar-refractivity contribution in [2.75, 3.05) is 12.4 Å². The number of rotatable bonds is 4. The summed E-state index contributed by atoms with van der Waals surface area (Å²) in [6.07, 6.45) is 1.29. The van der Waals surface area contributed by atoms with Crippen molar-refractivity contribution in [2.45, 2.75) is 0 Å². The molecule has 1 heterocycles. The molecule has 3 aromatic rings. The second kappa shape index (κ2) is 6.52. The summed E-state index contributed by atoms with van der Waals surface area (Å²) in [5.41, 5.74) is 1.76. The predicted octanol–water partition coefficient (Wildman–Crippen LogP) is 2.90.